The second kappa shape index (κ2) is 8.00. The number of carbonyl (C=O) groups excluding carboxylic acids is 2. The van der Waals surface area contributed by atoms with Crippen molar-refractivity contribution in [1.82, 2.24) is 10.2 Å². The third-order valence-corrected chi connectivity index (χ3v) is 2.74. The van der Waals surface area contributed by atoms with Crippen molar-refractivity contribution in [3.8, 4) is 0 Å². The van der Waals surface area contributed by atoms with Crippen molar-refractivity contribution in [2.45, 2.75) is 27.2 Å². The Bertz CT molecular complexity index is 294. The van der Waals surface area contributed by atoms with Crippen molar-refractivity contribution in [3.05, 3.63) is 0 Å². The van der Waals surface area contributed by atoms with Crippen molar-refractivity contribution in [3.63, 3.8) is 0 Å². The van der Waals surface area contributed by atoms with Gasteiger partial charge in [-0.1, -0.05) is 19.1 Å². The van der Waals surface area contributed by atoms with Crippen LogP contribution in [0.25, 0.3) is 0 Å². The van der Waals surface area contributed by atoms with Gasteiger partial charge in [0.1, 0.15) is 0 Å². The van der Waals surface area contributed by atoms with E-state index in [1.165, 1.54) is 4.90 Å². The third kappa shape index (κ3) is 5.12. The first-order valence-corrected chi connectivity index (χ1v) is 6.23. The molecule has 0 saturated heterocycles. The maximum atomic E-state index is 12.1. The standard InChI is InChI=1S/C11H21N3O2S/c1-4-8(10(12)17)11(16)14(6-3)7-9(15)13-5-2/h8H,4-7H2,1-3H3,(H2,12,17)(H,13,15). The molecule has 6 heteroatoms. The second-order valence-electron chi connectivity index (χ2n) is 3.67. The van der Waals surface area contributed by atoms with Gasteiger partial charge in [0.25, 0.3) is 0 Å². The number of thiocarbonyl (C=S) groups is 1. The molecule has 0 radical (unpaired) electrons. The molecule has 0 aliphatic carbocycles. The van der Waals surface area contributed by atoms with Crippen LogP contribution in [0.15, 0.2) is 0 Å². The quantitative estimate of drug-likeness (QED) is 0.644. The molecular formula is C11H21N3O2S. The number of hydrogen-bond acceptors (Lipinski definition) is 3. The predicted octanol–water partition coefficient (Wildman–Crippen LogP) is 0.283. The van der Waals surface area contributed by atoms with E-state index < -0.39 is 5.92 Å². The van der Waals surface area contributed by atoms with Gasteiger partial charge in [-0.2, -0.15) is 0 Å². The van der Waals surface area contributed by atoms with Gasteiger partial charge in [0, 0.05) is 13.1 Å². The first-order chi connectivity index (χ1) is 7.97. The van der Waals surface area contributed by atoms with E-state index >= 15 is 0 Å². The van der Waals surface area contributed by atoms with Gasteiger partial charge >= 0.3 is 0 Å². The van der Waals surface area contributed by atoms with Crippen LogP contribution in [0.5, 0.6) is 0 Å². The summed E-state index contributed by atoms with van der Waals surface area (Å²) >= 11 is 4.85. The Morgan fingerprint density at radius 1 is 1.35 bits per heavy atom. The van der Waals surface area contributed by atoms with Crippen LogP contribution >= 0.6 is 12.2 Å². The lowest BCUT2D eigenvalue weighted by atomic mass is 10.1. The molecule has 98 valence electrons. The van der Waals surface area contributed by atoms with Crippen LogP contribution in [0.4, 0.5) is 0 Å². The maximum Gasteiger partial charge on any atom is 0.239 e. The van der Waals surface area contributed by atoms with Gasteiger partial charge in [-0.15, -0.1) is 0 Å². The van der Waals surface area contributed by atoms with Gasteiger partial charge in [0.2, 0.25) is 11.8 Å². The van der Waals surface area contributed by atoms with E-state index in [0.717, 1.165) is 0 Å². The van der Waals surface area contributed by atoms with Gasteiger partial charge in [0.15, 0.2) is 0 Å². The summed E-state index contributed by atoms with van der Waals surface area (Å²) in [4.78, 5) is 25.2. The molecule has 3 N–H and O–H groups in total. The summed E-state index contributed by atoms with van der Waals surface area (Å²) in [5, 5.41) is 2.65. The lowest BCUT2D eigenvalue weighted by Gasteiger charge is -2.24. The van der Waals surface area contributed by atoms with Crippen molar-refractivity contribution in [2.24, 2.45) is 11.7 Å². The van der Waals surface area contributed by atoms with E-state index in [2.05, 4.69) is 5.32 Å². The minimum absolute atomic E-state index is 0.0578. The molecule has 0 aliphatic heterocycles. The van der Waals surface area contributed by atoms with Crippen LogP contribution in [0.3, 0.4) is 0 Å². The van der Waals surface area contributed by atoms with Gasteiger partial charge in [0.05, 0.1) is 17.5 Å². The van der Waals surface area contributed by atoms with Crippen LogP contribution in [0.2, 0.25) is 0 Å². The Balaban J connectivity index is 4.59. The molecule has 0 aromatic heterocycles. The molecule has 0 heterocycles. The average Bonchev–Trinajstić information content (AvgIpc) is 2.26. The molecule has 1 unspecified atom stereocenters. The smallest absolute Gasteiger partial charge is 0.239 e. The number of rotatable bonds is 7. The van der Waals surface area contributed by atoms with Crippen LogP contribution in [0, 0.1) is 5.92 Å². The normalized spacial score (nSPS) is 11.7. The number of amides is 2. The summed E-state index contributed by atoms with van der Waals surface area (Å²) in [6, 6.07) is 0. The largest absolute Gasteiger partial charge is 0.393 e. The Morgan fingerprint density at radius 3 is 2.29 bits per heavy atom. The molecule has 0 saturated carbocycles. The number of carbonyl (C=O) groups is 2. The fourth-order valence-electron chi connectivity index (χ4n) is 1.49. The van der Waals surface area contributed by atoms with Crippen LogP contribution in [-0.2, 0) is 9.59 Å². The maximum absolute atomic E-state index is 12.1. The molecule has 0 aromatic rings. The Morgan fingerprint density at radius 2 is 1.94 bits per heavy atom. The third-order valence-electron chi connectivity index (χ3n) is 2.45. The van der Waals surface area contributed by atoms with Gasteiger partial charge in [-0.05, 0) is 20.3 Å². The van der Waals surface area contributed by atoms with E-state index in [1.807, 2.05) is 20.8 Å². The molecule has 0 bridgehead atoms. The number of nitrogens with zero attached hydrogens (tertiary/aromatic N) is 1. The summed E-state index contributed by atoms with van der Waals surface area (Å²) in [5.41, 5.74) is 5.51. The number of hydrogen-bond donors (Lipinski definition) is 2. The summed E-state index contributed by atoms with van der Waals surface area (Å²) in [7, 11) is 0. The van der Waals surface area contributed by atoms with Gasteiger partial charge < -0.3 is 16.0 Å². The fourth-order valence-corrected chi connectivity index (χ4v) is 1.76. The van der Waals surface area contributed by atoms with Crippen molar-refractivity contribution < 1.29 is 9.59 Å². The zero-order valence-corrected chi connectivity index (χ0v) is 11.5. The first-order valence-electron chi connectivity index (χ1n) is 5.82. The van der Waals surface area contributed by atoms with E-state index in [9.17, 15) is 9.59 Å². The average molecular weight is 259 g/mol. The number of nitrogens with two attached hydrogens (primary N) is 1. The minimum Gasteiger partial charge on any atom is -0.393 e. The molecule has 0 fully saturated rings. The van der Waals surface area contributed by atoms with Crippen molar-refractivity contribution >= 4 is 29.0 Å². The molecule has 5 nitrogen and oxygen atoms in total. The molecule has 0 rings (SSSR count). The highest BCUT2D eigenvalue weighted by atomic mass is 32.1. The predicted molar refractivity (Wildman–Crippen MR) is 71.5 cm³/mol. The van der Waals surface area contributed by atoms with Gasteiger partial charge in [-0.25, -0.2) is 0 Å². The van der Waals surface area contributed by atoms with E-state index in [0.29, 0.717) is 19.5 Å². The number of nitrogens with one attached hydrogen (secondary N) is 1. The summed E-state index contributed by atoms with van der Waals surface area (Å²) in [5.74, 6) is -0.811. The first kappa shape index (κ1) is 15.8. The molecule has 0 aromatic carbocycles. The van der Waals surface area contributed by atoms with Crippen LogP contribution in [-0.4, -0.2) is 41.3 Å². The van der Waals surface area contributed by atoms with E-state index in [-0.39, 0.29) is 23.3 Å². The lowest BCUT2D eigenvalue weighted by Crippen LogP contribution is -2.45. The molecular weight excluding hydrogens is 238 g/mol. The SMILES string of the molecule is CCNC(=O)CN(CC)C(=O)C(CC)C(N)=S. The highest BCUT2D eigenvalue weighted by Crippen LogP contribution is 2.08. The minimum atomic E-state index is -0.473. The number of likely N-dealkylation sites (N-methyl/N-ethyl adjacent to an activating group) is 2. The zero-order chi connectivity index (χ0) is 13.4. The topological polar surface area (TPSA) is 75.4 Å². The van der Waals surface area contributed by atoms with Crippen LogP contribution < -0.4 is 11.1 Å². The Hall–Kier alpha value is -1.17. The highest BCUT2D eigenvalue weighted by molar-refractivity contribution is 7.80. The lowest BCUT2D eigenvalue weighted by molar-refractivity contribution is -0.137. The fraction of sp³-hybridized carbons (Fsp3) is 0.727. The monoisotopic (exact) mass is 259 g/mol. The molecule has 0 aliphatic rings. The second-order valence-corrected chi connectivity index (χ2v) is 4.14. The van der Waals surface area contributed by atoms with Crippen LogP contribution in [0.1, 0.15) is 27.2 Å². The summed E-state index contributed by atoms with van der Waals surface area (Å²) in [6.07, 6.45) is 0.556. The van der Waals surface area contributed by atoms with E-state index in [1.54, 1.807) is 0 Å². The zero-order valence-electron chi connectivity index (χ0n) is 10.7. The van der Waals surface area contributed by atoms with Crippen molar-refractivity contribution in [2.75, 3.05) is 19.6 Å². The Labute approximate surface area is 108 Å². The highest BCUT2D eigenvalue weighted by Gasteiger charge is 2.25. The van der Waals surface area contributed by atoms with Crippen molar-refractivity contribution in [1.29, 1.82) is 0 Å². The van der Waals surface area contributed by atoms with E-state index in [4.69, 9.17) is 18.0 Å². The molecule has 1 atom stereocenters. The molecule has 2 amide bonds. The Kier molecular flexibility index (Phi) is 7.45. The van der Waals surface area contributed by atoms with Gasteiger partial charge in [-0.3, -0.25) is 9.59 Å². The summed E-state index contributed by atoms with van der Waals surface area (Å²) < 4.78 is 0. The molecule has 0 spiro atoms. The molecule has 17 heavy (non-hydrogen) atoms. The summed E-state index contributed by atoms with van der Waals surface area (Å²) in [6.45, 7) is 6.58.